The molecule has 0 aliphatic rings. The molecule has 1 N–H and O–H groups in total. The summed E-state index contributed by atoms with van der Waals surface area (Å²) in [6, 6.07) is 30.8. The molecule has 0 atom stereocenters. The van der Waals surface area contributed by atoms with Crippen LogP contribution in [0.5, 0.6) is 17.5 Å². The molecule has 0 aliphatic heterocycles. The molecule has 4 heterocycles. The van der Waals surface area contributed by atoms with Crippen LogP contribution in [0.3, 0.4) is 0 Å². The van der Waals surface area contributed by atoms with Gasteiger partial charge in [0.1, 0.15) is 11.5 Å². The van der Waals surface area contributed by atoms with Gasteiger partial charge in [0.05, 0.1) is 32.8 Å². The van der Waals surface area contributed by atoms with Crippen molar-refractivity contribution in [2.45, 2.75) is 19.8 Å². The second kappa shape index (κ2) is 19.5. The number of aromatic hydroxyl groups is 1. The minimum Gasteiger partial charge on any atom is -0.508 e. The van der Waals surface area contributed by atoms with E-state index in [9.17, 15) is 31.4 Å². The Morgan fingerprint density at radius 3 is 1.30 bits per heavy atom. The molecule has 0 bridgehead atoms. The van der Waals surface area contributed by atoms with Crippen LogP contribution in [0.2, 0.25) is 15.3 Å². The number of halogens is 9. The number of benzene rings is 4. The number of hydrogen-bond donors (Lipinski definition) is 1. The molecular weight excluding hydrogens is 857 g/mol. The number of phenols is 1. The molecule has 0 radical (unpaired) electrons. The van der Waals surface area contributed by atoms with Crippen molar-refractivity contribution in [2.24, 2.45) is 0 Å². The highest BCUT2D eigenvalue weighted by molar-refractivity contribution is 6.32. The highest BCUT2D eigenvalue weighted by Crippen LogP contribution is 2.37. The van der Waals surface area contributed by atoms with Gasteiger partial charge in [-0.15, -0.1) is 0 Å². The second-order valence-electron chi connectivity index (χ2n) is 11.8. The monoisotopic (exact) mass is 884 g/mol. The lowest BCUT2D eigenvalue weighted by atomic mass is 10.1. The molecule has 8 aromatic rings. The maximum atomic E-state index is 13.3. The topological polar surface area (TPSA) is 117 Å². The fourth-order valence-corrected chi connectivity index (χ4v) is 5.66. The molecule has 308 valence electrons. The Kier molecular flexibility index (Phi) is 14.5. The minimum absolute atomic E-state index is 0. The quantitative estimate of drug-likeness (QED) is 0.130. The van der Waals surface area contributed by atoms with Gasteiger partial charge in [-0.05, 0) is 109 Å². The van der Waals surface area contributed by atoms with Gasteiger partial charge < -0.3 is 9.84 Å². The first-order valence-corrected chi connectivity index (χ1v) is 17.9. The molecule has 4 aromatic carbocycles. The molecule has 4 aromatic heterocycles. The molecule has 0 saturated carbocycles. The standard InChI is InChI=1S/C20H12ClF3N4O.C16H10ClF3N2O.C4H3ClN2.CH4/c21-15-4-1-2-5-16(15)28-17(12-18(27-28)20(22,23)24)13-6-8-14(9-7-13)29-19-25-10-3-11-26-19;17-12-3-1-2-4-13(12)22-14(9-15(21-22)16(18,19)20)10-5-7-11(23)8-6-10;5-4-6-2-1-3-7-4;/h1-12H;1-9,23H;1-3H;1H4. The van der Waals surface area contributed by atoms with E-state index in [-0.39, 0.29) is 40.6 Å². The van der Waals surface area contributed by atoms with E-state index < -0.39 is 23.7 Å². The summed E-state index contributed by atoms with van der Waals surface area (Å²) in [6.45, 7) is 0. The molecule has 0 aliphatic carbocycles. The maximum Gasteiger partial charge on any atom is 0.435 e. The molecular formula is C41H29Cl3F6N8O2. The molecule has 60 heavy (non-hydrogen) atoms. The molecule has 19 heteroatoms. The highest BCUT2D eigenvalue weighted by atomic mass is 35.5. The third kappa shape index (κ3) is 11.4. The van der Waals surface area contributed by atoms with Gasteiger partial charge in [-0.1, -0.05) is 54.9 Å². The van der Waals surface area contributed by atoms with Crippen molar-refractivity contribution in [1.29, 1.82) is 0 Å². The van der Waals surface area contributed by atoms with Crippen molar-refractivity contribution < 1.29 is 36.2 Å². The molecule has 0 spiro atoms. The number of aromatic nitrogens is 8. The van der Waals surface area contributed by atoms with Crippen LogP contribution in [0.25, 0.3) is 33.9 Å². The Bertz CT molecular complexity index is 2610. The van der Waals surface area contributed by atoms with E-state index in [2.05, 4.69) is 30.1 Å². The number of para-hydroxylation sites is 2. The summed E-state index contributed by atoms with van der Waals surface area (Å²) >= 11 is 17.6. The van der Waals surface area contributed by atoms with E-state index in [0.717, 1.165) is 16.8 Å². The lowest BCUT2D eigenvalue weighted by Crippen LogP contribution is -2.07. The van der Waals surface area contributed by atoms with Gasteiger partial charge in [0.15, 0.2) is 11.4 Å². The van der Waals surface area contributed by atoms with Crippen LogP contribution in [-0.4, -0.2) is 44.6 Å². The zero-order chi connectivity index (χ0) is 42.2. The molecule has 0 unspecified atom stereocenters. The van der Waals surface area contributed by atoms with Crippen molar-refractivity contribution in [1.82, 2.24) is 39.5 Å². The summed E-state index contributed by atoms with van der Waals surface area (Å²) < 4.78 is 86.8. The minimum atomic E-state index is -4.59. The number of hydrogen-bond acceptors (Lipinski definition) is 8. The zero-order valence-corrected chi connectivity index (χ0v) is 32.0. The van der Waals surface area contributed by atoms with Crippen molar-refractivity contribution in [2.75, 3.05) is 0 Å². The van der Waals surface area contributed by atoms with E-state index in [0.29, 0.717) is 33.5 Å². The summed E-state index contributed by atoms with van der Waals surface area (Å²) in [4.78, 5) is 15.2. The summed E-state index contributed by atoms with van der Waals surface area (Å²) in [6.07, 6.45) is -2.90. The van der Waals surface area contributed by atoms with Gasteiger partial charge in [-0.2, -0.15) is 36.5 Å². The Balaban J connectivity index is 0.000000196. The highest BCUT2D eigenvalue weighted by Gasteiger charge is 2.36. The van der Waals surface area contributed by atoms with Crippen LogP contribution < -0.4 is 4.74 Å². The van der Waals surface area contributed by atoms with Gasteiger partial charge >= 0.3 is 18.4 Å². The van der Waals surface area contributed by atoms with Gasteiger partial charge in [0.25, 0.3) is 0 Å². The number of rotatable bonds is 6. The van der Waals surface area contributed by atoms with E-state index >= 15 is 0 Å². The Morgan fingerprint density at radius 2 is 0.917 bits per heavy atom. The van der Waals surface area contributed by atoms with E-state index in [4.69, 9.17) is 39.5 Å². The molecule has 8 rings (SSSR count). The van der Waals surface area contributed by atoms with E-state index in [1.54, 1.807) is 97.3 Å². The van der Waals surface area contributed by atoms with Crippen molar-refractivity contribution in [3.63, 3.8) is 0 Å². The smallest absolute Gasteiger partial charge is 0.435 e. The first kappa shape index (κ1) is 44.6. The third-order valence-corrected chi connectivity index (χ3v) is 8.59. The van der Waals surface area contributed by atoms with Gasteiger partial charge in [0.2, 0.25) is 5.28 Å². The van der Waals surface area contributed by atoms with E-state index in [1.807, 2.05) is 0 Å². The van der Waals surface area contributed by atoms with Crippen LogP contribution in [0, 0.1) is 0 Å². The summed E-state index contributed by atoms with van der Waals surface area (Å²) in [5.74, 6) is 0.466. The SMILES string of the molecule is C.Clc1ncccn1.FC(F)(F)c1cc(-c2ccc(Oc3ncccn3)cc2)n(-c2ccccc2Cl)n1.Oc1ccc(-c2cc(C(F)(F)F)nn2-c2ccccc2Cl)cc1. The molecule has 10 nitrogen and oxygen atoms in total. The van der Waals surface area contributed by atoms with Gasteiger partial charge in [-0.25, -0.2) is 29.3 Å². The number of alkyl halides is 6. The maximum absolute atomic E-state index is 13.3. The number of ether oxygens (including phenoxy) is 1. The predicted octanol–water partition coefficient (Wildman–Crippen LogP) is 12.5. The van der Waals surface area contributed by atoms with Crippen LogP contribution in [0.15, 0.2) is 146 Å². The third-order valence-electron chi connectivity index (χ3n) is 7.76. The number of nitrogens with zero attached hydrogens (tertiary/aromatic N) is 8. The summed E-state index contributed by atoms with van der Waals surface area (Å²) in [7, 11) is 0. The van der Waals surface area contributed by atoms with Gasteiger partial charge in [0, 0.05) is 35.9 Å². The normalized spacial score (nSPS) is 11.0. The second-order valence-corrected chi connectivity index (χ2v) is 12.9. The first-order valence-electron chi connectivity index (χ1n) is 16.8. The summed E-state index contributed by atoms with van der Waals surface area (Å²) in [5, 5.41) is 17.6. The van der Waals surface area contributed by atoms with Crippen LogP contribution >= 0.6 is 34.8 Å². The van der Waals surface area contributed by atoms with Crippen LogP contribution in [-0.2, 0) is 12.4 Å². The molecule has 0 fully saturated rings. The fraction of sp³-hybridized carbons (Fsp3) is 0.0732. The fourth-order valence-electron chi connectivity index (χ4n) is 5.12. The molecule has 0 amide bonds. The predicted molar refractivity (Wildman–Crippen MR) is 216 cm³/mol. The van der Waals surface area contributed by atoms with Gasteiger partial charge in [-0.3, -0.25) is 0 Å². The average molecular weight is 886 g/mol. The van der Waals surface area contributed by atoms with Crippen molar-refractivity contribution >= 4 is 34.8 Å². The first-order chi connectivity index (χ1) is 28.2. The Labute approximate surface area is 353 Å². The van der Waals surface area contributed by atoms with Crippen molar-refractivity contribution in [3.05, 3.63) is 173 Å². The average Bonchev–Trinajstić information content (AvgIpc) is 3.87. The lowest BCUT2D eigenvalue weighted by molar-refractivity contribution is -0.142. The summed E-state index contributed by atoms with van der Waals surface area (Å²) in [5.41, 5.74) is 0.120. The lowest BCUT2D eigenvalue weighted by Gasteiger charge is -2.10. The largest absolute Gasteiger partial charge is 0.508 e. The zero-order valence-electron chi connectivity index (χ0n) is 29.7. The van der Waals surface area contributed by atoms with E-state index in [1.165, 1.54) is 41.3 Å². The number of phenolic OH excluding ortho intramolecular Hbond substituents is 1. The Morgan fingerprint density at radius 1 is 0.517 bits per heavy atom. The van der Waals surface area contributed by atoms with Crippen molar-refractivity contribution in [3.8, 4) is 51.4 Å². The van der Waals surface area contributed by atoms with Crippen LogP contribution in [0.1, 0.15) is 18.8 Å². The van der Waals surface area contributed by atoms with Crippen LogP contribution in [0.4, 0.5) is 26.3 Å². The molecule has 0 saturated heterocycles. The Hall–Kier alpha value is -6.49.